The lowest BCUT2D eigenvalue weighted by Crippen LogP contribution is -2.24. The Bertz CT molecular complexity index is 446. The van der Waals surface area contributed by atoms with Gasteiger partial charge < -0.3 is 0 Å². The van der Waals surface area contributed by atoms with Gasteiger partial charge in [-0.2, -0.15) is 0 Å². The summed E-state index contributed by atoms with van der Waals surface area (Å²) in [5, 5.41) is 0. The molecule has 0 radical (unpaired) electrons. The molecule has 0 aliphatic carbocycles. The van der Waals surface area contributed by atoms with Gasteiger partial charge in [0, 0.05) is 6.54 Å². The van der Waals surface area contributed by atoms with Crippen molar-refractivity contribution in [2.45, 2.75) is 25.2 Å². The Morgan fingerprint density at radius 2 is 1.88 bits per heavy atom. The van der Waals surface area contributed by atoms with E-state index in [1.165, 1.54) is 0 Å². The topological polar surface area (TPSA) is 46.2 Å². The van der Waals surface area contributed by atoms with E-state index in [4.69, 9.17) is 0 Å². The number of sulfonamides is 1. The molecule has 4 heteroatoms. The number of allylic oxidation sites excluding steroid dienone is 1. The fraction of sp³-hybridized carbons (Fsp3) is 0.333. The highest BCUT2D eigenvalue weighted by Gasteiger charge is 2.11. The summed E-state index contributed by atoms with van der Waals surface area (Å²) < 4.78 is 26.1. The van der Waals surface area contributed by atoms with Crippen LogP contribution >= 0.6 is 0 Å². The first kappa shape index (κ1) is 12.9. The Labute approximate surface area is 97.2 Å². The van der Waals surface area contributed by atoms with E-state index in [9.17, 15) is 8.42 Å². The van der Waals surface area contributed by atoms with E-state index in [2.05, 4.69) is 4.72 Å². The fourth-order valence-corrected chi connectivity index (χ4v) is 2.29. The molecule has 0 saturated heterocycles. The van der Waals surface area contributed by atoms with Crippen molar-refractivity contribution >= 4 is 10.0 Å². The van der Waals surface area contributed by atoms with Gasteiger partial charge in [0.15, 0.2) is 0 Å². The Morgan fingerprint density at radius 1 is 1.25 bits per heavy atom. The average Bonchev–Trinajstić information content (AvgIpc) is 2.25. The third kappa shape index (κ3) is 3.79. The number of hydrogen-bond donors (Lipinski definition) is 1. The summed E-state index contributed by atoms with van der Waals surface area (Å²) in [5.74, 6) is 0. The lowest BCUT2D eigenvalue weighted by atomic mass is 10.2. The van der Waals surface area contributed by atoms with Crippen molar-refractivity contribution in [1.82, 2.24) is 4.72 Å². The predicted molar refractivity (Wildman–Crippen MR) is 65.8 cm³/mol. The Morgan fingerprint density at radius 3 is 2.44 bits per heavy atom. The second-order valence-electron chi connectivity index (χ2n) is 3.57. The molecule has 0 fully saturated rings. The van der Waals surface area contributed by atoms with Gasteiger partial charge in [0.1, 0.15) is 0 Å². The Kier molecular flexibility index (Phi) is 4.71. The standard InChI is InChI=1S/C12H17NO2S/c1-3-4-5-10-13-16(14,15)12-8-6-11(2)7-9-12/h3-4,6-9,13H,5,10H2,1-2H3/b4-3+. The van der Waals surface area contributed by atoms with Crippen LogP contribution in [0.25, 0.3) is 0 Å². The van der Waals surface area contributed by atoms with E-state index in [0.29, 0.717) is 17.9 Å². The molecule has 0 heterocycles. The average molecular weight is 239 g/mol. The van der Waals surface area contributed by atoms with Crippen LogP contribution in [0, 0.1) is 6.92 Å². The van der Waals surface area contributed by atoms with Gasteiger partial charge in [-0.25, -0.2) is 13.1 Å². The molecule has 88 valence electrons. The summed E-state index contributed by atoms with van der Waals surface area (Å²) in [6, 6.07) is 6.82. The smallest absolute Gasteiger partial charge is 0.211 e. The quantitative estimate of drug-likeness (QED) is 0.632. The maximum Gasteiger partial charge on any atom is 0.240 e. The highest BCUT2D eigenvalue weighted by atomic mass is 32.2. The Hall–Kier alpha value is -1.13. The first-order valence-electron chi connectivity index (χ1n) is 5.24. The monoisotopic (exact) mass is 239 g/mol. The molecular formula is C12H17NO2S. The molecule has 16 heavy (non-hydrogen) atoms. The molecule has 0 aliphatic rings. The summed E-state index contributed by atoms with van der Waals surface area (Å²) >= 11 is 0. The molecule has 0 aromatic heterocycles. The zero-order valence-corrected chi connectivity index (χ0v) is 10.4. The minimum absolute atomic E-state index is 0.318. The van der Waals surface area contributed by atoms with E-state index in [-0.39, 0.29) is 0 Å². The molecule has 0 spiro atoms. The zero-order chi connectivity index (χ0) is 12.0. The molecule has 0 atom stereocenters. The molecule has 0 bridgehead atoms. The number of benzene rings is 1. The van der Waals surface area contributed by atoms with Gasteiger partial charge in [-0.3, -0.25) is 0 Å². The Balaban J connectivity index is 2.67. The molecule has 1 aromatic carbocycles. The van der Waals surface area contributed by atoms with Crippen LogP contribution in [0.15, 0.2) is 41.3 Å². The highest BCUT2D eigenvalue weighted by Crippen LogP contribution is 2.09. The van der Waals surface area contributed by atoms with Gasteiger partial charge in [0.25, 0.3) is 0 Å². The second-order valence-corrected chi connectivity index (χ2v) is 5.34. The minimum atomic E-state index is -3.34. The molecule has 0 saturated carbocycles. The summed E-state index contributed by atoms with van der Waals surface area (Å²) in [6.45, 7) is 4.27. The SMILES string of the molecule is C/C=C/CCNS(=O)(=O)c1ccc(C)cc1. The number of nitrogens with one attached hydrogen (secondary N) is 1. The van der Waals surface area contributed by atoms with Crippen LogP contribution in [0.1, 0.15) is 18.9 Å². The van der Waals surface area contributed by atoms with Crippen LogP contribution in [0.3, 0.4) is 0 Å². The van der Waals surface area contributed by atoms with Crippen molar-refractivity contribution in [2.75, 3.05) is 6.54 Å². The van der Waals surface area contributed by atoms with Crippen molar-refractivity contribution in [3.05, 3.63) is 42.0 Å². The van der Waals surface area contributed by atoms with E-state index in [1.807, 2.05) is 26.0 Å². The van der Waals surface area contributed by atoms with Gasteiger partial charge in [-0.1, -0.05) is 29.8 Å². The third-order valence-corrected chi connectivity index (χ3v) is 3.65. The number of rotatable bonds is 5. The molecule has 0 amide bonds. The second kappa shape index (κ2) is 5.82. The fourth-order valence-electron chi connectivity index (χ4n) is 1.24. The maximum atomic E-state index is 11.8. The van der Waals surface area contributed by atoms with Crippen LogP contribution in [-0.2, 0) is 10.0 Å². The molecule has 1 aromatic rings. The van der Waals surface area contributed by atoms with E-state index in [0.717, 1.165) is 5.56 Å². The normalized spacial score (nSPS) is 12.1. The van der Waals surface area contributed by atoms with Crippen molar-refractivity contribution in [2.24, 2.45) is 0 Å². The maximum absolute atomic E-state index is 11.8. The number of hydrogen-bond acceptors (Lipinski definition) is 2. The van der Waals surface area contributed by atoms with Crippen LogP contribution in [0.4, 0.5) is 0 Å². The third-order valence-electron chi connectivity index (χ3n) is 2.17. The van der Waals surface area contributed by atoms with Crippen LogP contribution in [0.5, 0.6) is 0 Å². The van der Waals surface area contributed by atoms with E-state index < -0.39 is 10.0 Å². The van der Waals surface area contributed by atoms with Crippen LogP contribution in [0.2, 0.25) is 0 Å². The number of aryl methyl sites for hydroxylation is 1. The van der Waals surface area contributed by atoms with Crippen molar-refractivity contribution in [3.8, 4) is 0 Å². The summed E-state index contributed by atoms with van der Waals surface area (Å²) in [4.78, 5) is 0.318. The van der Waals surface area contributed by atoms with E-state index in [1.54, 1.807) is 24.3 Å². The first-order chi connectivity index (χ1) is 7.56. The van der Waals surface area contributed by atoms with Crippen molar-refractivity contribution in [1.29, 1.82) is 0 Å². The van der Waals surface area contributed by atoms with E-state index >= 15 is 0 Å². The molecular weight excluding hydrogens is 222 g/mol. The molecule has 3 nitrogen and oxygen atoms in total. The predicted octanol–water partition coefficient (Wildman–Crippen LogP) is 2.24. The van der Waals surface area contributed by atoms with Gasteiger partial charge in [0.2, 0.25) is 10.0 Å². The van der Waals surface area contributed by atoms with Gasteiger partial charge >= 0.3 is 0 Å². The molecule has 1 rings (SSSR count). The summed E-state index contributed by atoms with van der Waals surface area (Å²) in [6.07, 6.45) is 4.54. The van der Waals surface area contributed by atoms with Crippen LogP contribution in [-0.4, -0.2) is 15.0 Å². The largest absolute Gasteiger partial charge is 0.240 e. The first-order valence-corrected chi connectivity index (χ1v) is 6.72. The lowest BCUT2D eigenvalue weighted by molar-refractivity contribution is 0.582. The summed E-state index contributed by atoms with van der Waals surface area (Å²) in [5.41, 5.74) is 1.05. The summed E-state index contributed by atoms with van der Waals surface area (Å²) in [7, 11) is -3.34. The highest BCUT2D eigenvalue weighted by molar-refractivity contribution is 7.89. The molecule has 0 unspecified atom stereocenters. The minimum Gasteiger partial charge on any atom is -0.211 e. The molecule has 0 aliphatic heterocycles. The van der Waals surface area contributed by atoms with Gasteiger partial charge in [0.05, 0.1) is 4.90 Å². The van der Waals surface area contributed by atoms with Crippen molar-refractivity contribution < 1.29 is 8.42 Å². The van der Waals surface area contributed by atoms with Gasteiger partial charge in [-0.05, 0) is 32.4 Å². The van der Waals surface area contributed by atoms with Crippen LogP contribution < -0.4 is 4.72 Å². The molecule has 1 N–H and O–H groups in total. The van der Waals surface area contributed by atoms with Crippen molar-refractivity contribution in [3.63, 3.8) is 0 Å². The lowest BCUT2D eigenvalue weighted by Gasteiger charge is -2.05. The van der Waals surface area contributed by atoms with Gasteiger partial charge in [-0.15, -0.1) is 0 Å². The zero-order valence-electron chi connectivity index (χ0n) is 9.60.